The first kappa shape index (κ1) is 21.0. The van der Waals surface area contributed by atoms with Gasteiger partial charge in [0.05, 0.1) is 5.52 Å². The van der Waals surface area contributed by atoms with E-state index >= 15 is 0 Å². The maximum Gasteiger partial charge on any atom is 0.267 e. The highest BCUT2D eigenvalue weighted by molar-refractivity contribution is 6.06. The van der Waals surface area contributed by atoms with Crippen LogP contribution in [-0.2, 0) is 6.54 Å². The SMILES string of the molecule is CC(C)Cn1c(=O)c(C(N)=O)c(O)c2c(-c3cccc(N(C)CC4CC4)c3)cccc21. The van der Waals surface area contributed by atoms with Crippen molar-refractivity contribution in [3.05, 3.63) is 58.4 Å². The van der Waals surface area contributed by atoms with E-state index in [4.69, 9.17) is 5.73 Å². The number of aromatic nitrogens is 1. The molecule has 2 aromatic carbocycles. The number of hydrogen-bond donors (Lipinski definition) is 2. The number of anilines is 1. The standard InChI is InChI=1S/C25H29N3O3/c1-15(2)13-28-20-9-5-8-19(21(20)23(29)22(24(26)30)25(28)31)17-6-4-7-18(12-17)27(3)14-16-10-11-16/h4-9,12,15-16,29H,10-11,13-14H2,1-3H3,(H2,26,30). The van der Waals surface area contributed by atoms with Crippen molar-refractivity contribution < 1.29 is 9.90 Å². The lowest BCUT2D eigenvalue weighted by atomic mass is 9.97. The number of nitrogens with two attached hydrogens (primary N) is 1. The minimum atomic E-state index is -0.922. The van der Waals surface area contributed by atoms with Crippen molar-refractivity contribution in [1.29, 1.82) is 0 Å². The monoisotopic (exact) mass is 419 g/mol. The Labute approximate surface area is 181 Å². The van der Waals surface area contributed by atoms with Crippen molar-refractivity contribution in [2.45, 2.75) is 33.2 Å². The van der Waals surface area contributed by atoms with E-state index < -0.39 is 11.5 Å². The Morgan fingerprint density at radius 1 is 1.23 bits per heavy atom. The van der Waals surface area contributed by atoms with Crippen molar-refractivity contribution in [3.63, 3.8) is 0 Å². The van der Waals surface area contributed by atoms with Crippen molar-refractivity contribution in [1.82, 2.24) is 4.57 Å². The topological polar surface area (TPSA) is 88.6 Å². The van der Waals surface area contributed by atoms with Crippen LogP contribution in [0, 0.1) is 11.8 Å². The molecule has 0 saturated heterocycles. The van der Waals surface area contributed by atoms with E-state index in [-0.39, 0.29) is 17.2 Å². The summed E-state index contributed by atoms with van der Waals surface area (Å²) in [5.41, 5.74) is 7.93. The number of aromatic hydroxyl groups is 1. The Morgan fingerprint density at radius 3 is 2.58 bits per heavy atom. The van der Waals surface area contributed by atoms with Gasteiger partial charge in [0.15, 0.2) is 0 Å². The fourth-order valence-corrected chi connectivity index (χ4v) is 4.20. The molecule has 1 fully saturated rings. The molecule has 162 valence electrons. The van der Waals surface area contributed by atoms with Gasteiger partial charge in [0.25, 0.3) is 11.5 Å². The highest BCUT2D eigenvalue weighted by Gasteiger charge is 2.24. The third kappa shape index (κ3) is 4.02. The second-order valence-electron chi connectivity index (χ2n) is 8.97. The Balaban J connectivity index is 1.94. The molecule has 1 aromatic heterocycles. The normalized spacial score (nSPS) is 13.7. The third-order valence-corrected chi connectivity index (χ3v) is 5.89. The fraction of sp³-hybridized carbons (Fsp3) is 0.360. The Bertz CT molecular complexity index is 1210. The smallest absolute Gasteiger partial charge is 0.267 e. The van der Waals surface area contributed by atoms with Gasteiger partial charge in [-0.15, -0.1) is 0 Å². The summed E-state index contributed by atoms with van der Waals surface area (Å²) < 4.78 is 1.55. The lowest BCUT2D eigenvalue weighted by Gasteiger charge is -2.21. The van der Waals surface area contributed by atoms with E-state index in [2.05, 4.69) is 24.1 Å². The van der Waals surface area contributed by atoms with Gasteiger partial charge in [0.1, 0.15) is 11.3 Å². The molecule has 6 heteroatoms. The van der Waals surface area contributed by atoms with Gasteiger partial charge in [-0.3, -0.25) is 9.59 Å². The first-order chi connectivity index (χ1) is 14.8. The molecule has 0 bridgehead atoms. The van der Waals surface area contributed by atoms with E-state index in [1.165, 1.54) is 12.8 Å². The van der Waals surface area contributed by atoms with Crippen LogP contribution >= 0.6 is 0 Å². The Hall–Kier alpha value is -3.28. The van der Waals surface area contributed by atoms with Crippen molar-refractivity contribution in [3.8, 4) is 16.9 Å². The lowest BCUT2D eigenvalue weighted by Crippen LogP contribution is -2.31. The molecule has 0 aliphatic heterocycles. The van der Waals surface area contributed by atoms with Crippen molar-refractivity contribution in [2.75, 3.05) is 18.5 Å². The molecule has 1 saturated carbocycles. The van der Waals surface area contributed by atoms with Crippen LogP contribution in [0.2, 0.25) is 0 Å². The summed E-state index contributed by atoms with van der Waals surface area (Å²) in [4.78, 5) is 27.3. The average molecular weight is 420 g/mol. The number of fused-ring (bicyclic) bond motifs is 1. The maximum atomic E-state index is 13.0. The molecule has 0 atom stereocenters. The highest BCUT2D eigenvalue weighted by Crippen LogP contribution is 2.37. The maximum absolute atomic E-state index is 13.0. The van der Waals surface area contributed by atoms with Crippen LogP contribution in [0.4, 0.5) is 5.69 Å². The van der Waals surface area contributed by atoms with E-state index in [1.54, 1.807) is 10.6 Å². The molecule has 6 nitrogen and oxygen atoms in total. The number of pyridine rings is 1. The van der Waals surface area contributed by atoms with Gasteiger partial charge in [0.2, 0.25) is 0 Å². The van der Waals surface area contributed by atoms with Gasteiger partial charge in [-0.25, -0.2) is 0 Å². The molecule has 0 spiro atoms. The van der Waals surface area contributed by atoms with Crippen molar-refractivity contribution in [2.24, 2.45) is 17.6 Å². The van der Waals surface area contributed by atoms with Gasteiger partial charge in [-0.05, 0) is 54.0 Å². The summed E-state index contributed by atoms with van der Waals surface area (Å²) in [5.74, 6) is -0.331. The predicted molar refractivity (Wildman–Crippen MR) is 125 cm³/mol. The zero-order valence-electron chi connectivity index (χ0n) is 18.3. The second kappa shape index (κ2) is 8.10. The fourth-order valence-electron chi connectivity index (χ4n) is 4.20. The van der Waals surface area contributed by atoms with Crippen LogP contribution in [0.15, 0.2) is 47.3 Å². The zero-order valence-corrected chi connectivity index (χ0v) is 18.3. The third-order valence-electron chi connectivity index (χ3n) is 5.89. The van der Waals surface area contributed by atoms with Gasteiger partial charge >= 0.3 is 0 Å². The van der Waals surface area contributed by atoms with Crippen LogP contribution in [0.1, 0.15) is 37.0 Å². The number of hydrogen-bond acceptors (Lipinski definition) is 4. The number of carbonyl (C=O) groups is 1. The molecule has 4 rings (SSSR count). The molecule has 1 aliphatic rings. The number of primary amides is 1. The zero-order chi connectivity index (χ0) is 22.3. The Morgan fingerprint density at radius 2 is 1.94 bits per heavy atom. The van der Waals surface area contributed by atoms with Crippen molar-refractivity contribution >= 4 is 22.5 Å². The van der Waals surface area contributed by atoms with E-state index in [1.807, 2.05) is 38.1 Å². The summed E-state index contributed by atoms with van der Waals surface area (Å²) in [6, 6.07) is 13.7. The largest absolute Gasteiger partial charge is 0.506 e. The molecule has 1 aliphatic carbocycles. The average Bonchev–Trinajstić information content (AvgIpc) is 3.54. The van der Waals surface area contributed by atoms with E-state index in [0.29, 0.717) is 17.4 Å². The summed E-state index contributed by atoms with van der Waals surface area (Å²) in [6.45, 7) is 5.43. The molecular formula is C25H29N3O3. The van der Waals surface area contributed by atoms with Gasteiger partial charge in [0, 0.05) is 31.2 Å². The van der Waals surface area contributed by atoms with Gasteiger partial charge < -0.3 is 20.3 Å². The molecular weight excluding hydrogens is 390 g/mol. The molecule has 0 unspecified atom stereocenters. The molecule has 1 amide bonds. The van der Waals surface area contributed by atoms with E-state index in [9.17, 15) is 14.7 Å². The highest BCUT2D eigenvalue weighted by atomic mass is 16.3. The number of benzene rings is 2. The Kier molecular flexibility index (Phi) is 5.48. The molecule has 3 aromatic rings. The second-order valence-corrected chi connectivity index (χ2v) is 8.97. The number of carbonyl (C=O) groups excluding carboxylic acids is 1. The first-order valence-corrected chi connectivity index (χ1v) is 10.8. The van der Waals surface area contributed by atoms with Crippen LogP contribution in [0.5, 0.6) is 5.75 Å². The quantitative estimate of drug-likeness (QED) is 0.606. The first-order valence-electron chi connectivity index (χ1n) is 10.8. The van der Waals surface area contributed by atoms with Gasteiger partial charge in [-0.2, -0.15) is 0 Å². The summed E-state index contributed by atoms with van der Waals surface area (Å²) >= 11 is 0. The number of nitrogens with zero attached hydrogens (tertiary/aromatic N) is 2. The number of amides is 1. The summed E-state index contributed by atoms with van der Waals surface area (Å²) in [7, 11) is 2.09. The van der Waals surface area contributed by atoms with Crippen LogP contribution in [-0.4, -0.2) is 29.2 Å². The summed E-state index contributed by atoms with van der Waals surface area (Å²) in [6.07, 6.45) is 2.56. The summed E-state index contributed by atoms with van der Waals surface area (Å²) in [5, 5.41) is 11.5. The number of rotatable bonds is 7. The lowest BCUT2D eigenvalue weighted by molar-refractivity contribution is 0.0996. The molecule has 0 radical (unpaired) electrons. The molecule has 31 heavy (non-hydrogen) atoms. The minimum Gasteiger partial charge on any atom is -0.506 e. The minimum absolute atomic E-state index is 0.175. The van der Waals surface area contributed by atoms with Gasteiger partial charge in [-0.1, -0.05) is 38.1 Å². The van der Waals surface area contributed by atoms with Crippen LogP contribution in [0.3, 0.4) is 0 Å². The molecule has 1 heterocycles. The predicted octanol–water partition coefficient (Wildman–Crippen LogP) is 3.98. The van der Waals surface area contributed by atoms with E-state index in [0.717, 1.165) is 29.3 Å². The van der Waals surface area contributed by atoms with Crippen LogP contribution < -0.4 is 16.2 Å². The molecule has 3 N–H and O–H groups in total. The van der Waals surface area contributed by atoms with Crippen LogP contribution in [0.25, 0.3) is 22.0 Å².